The number of benzene rings is 1. The Morgan fingerprint density at radius 2 is 2.00 bits per heavy atom. The summed E-state index contributed by atoms with van der Waals surface area (Å²) in [4.78, 5) is 11.8. The molecule has 0 aliphatic heterocycles. The minimum absolute atomic E-state index is 0.129. The fourth-order valence-electron chi connectivity index (χ4n) is 1.37. The Morgan fingerprint density at radius 1 is 1.35 bits per heavy atom. The van der Waals surface area contributed by atoms with Crippen LogP contribution in [0.4, 0.5) is 0 Å². The smallest absolute Gasteiger partial charge is 0.338 e. The van der Waals surface area contributed by atoms with Crippen molar-refractivity contribution < 1.29 is 14.6 Å². The fraction of sp³-hybridized carbons (Fsp3) is 0.462. The van der Waals surface area contributed by atoms with E-state index in [1.54, 1.807) is 25.1 Å². The van der Waals surface area contributed by atoms with Gasteiger partial charge in [-0.05, 0) is 25.1 Å². The largest absolute Gasteiger partial charge is 0.508 e. The highest BCUT2D eigenvalue weighted by molar-refractivity contribution is 6.76. The molecule has 0 spiro atoms. The lowest BCUT2D eigenvalue weighted by atomic mass is 10.1. The van der Waals surface area contributed by atoms with Crippen molar-refractivity contribution in [2.24, 2.45) is 0 Å². The first-order chi connectivity index (χ1) is 7.81. The molecule has 0 saturated carbocycles. The quantitative estimate of drug-likeness (QED) is 0.661. The second-order valence-electron chi connectivity index (χ2n) is 5.40. The molecule has 1 rings (SSSR count). The molecule has 1 N–H and O–H groups in total. The van der Waals surface area contributed by atoms with Gasteiger partial charge >= 0.3 is 5.97 Å². The van der Waals surface area contributed by atoms with Gasteiger partial charge in [0.1, 0.15) is 5.75 Å². The predicted molar refractivity (Wildman–Crippen MR) is 71.3 cm³/mol. The number of rotatable bonds is 4. The van der Waals surface area contributed by atoms with Crippen molar-refractivity contribution in [3.63, 3.8) is 0 Å². The van der Waals surface area contributed by atoms with Gasteiger partial charge in [0.25, 0.3) is 0 Å². The van der Waals surface area contributed by atoms with Crippen LogP contribution < -0.4 is 0 Å². The maximum Gasteiger partial charge on any atom is 0.338 e. The van der Waals surface area contributed by atoms with Gasteiger partial charge in [-0.25, -0.2) is 4.79 Å². The van der Waals surface area contributed by atoms with Gasteiger partial charge in [0, 0.05) is 13.6 Å². The Kier molecular flexibility index (Phi) is 4.34. The van der Waals surface area contributed by atoms with Gasteiger partial charge in [-0.1, -0.05) is 25.7 Å². The van der Waals surface area contributed by atoms with E-state index in [0.29, 0.717) is 17.7 Å². The van der Waals surface area contributed by atoms with Gasteiger partial charge in [-0.15, -0.1) is 0 Å². The third kappa shape index (κ3) is 4.23. The average Bonchev–Trinajstić information content (AvgIpc) is 2.20. The van der Waals surface area contributed by atoms with E-state index in [4.69, 9.17) is 4.74 Å². The summed E-state index contributed by atoms with van der Waals surface area (Å²) in [5, 5.41) is 9.50. The molecule has 0 bridgehead atoms. The molecular weight excluding hydrogens is 232 g/mol. The predicted octanol–water partition coefficient (Wildman–Crippen LogP) is 3.20. The Balaban J connectivity index is 2.62. The van der Waals surface area contributed by atoms with Crippen LogP contribution in [-0.2, 0) is 4.74 Å². The van der Waals surface area contributed by atoms with Crippen LogP contribution in [0.3, 0.4) is 0 Å². The molecule has 94 valence electrons. The first-order valence-corrected chi connectivity index (χ1v) is 9.48. The van der Waals surface area contributed by atoms with Gasteiger partial charge in [0.2, 0.25) is 0 Å². The van der Waals surface area contributed by atoms with Gasteiger partial charge < -0.3 is 9.84 Å². The molecule has 0 unspecified atom stereocenters. The summed E-state index contributed by atoms with van der Waals surface area (Å²) < 4.78 is 5.22. The van der Waals surface area contributed by atoms with E-state index in [1.807, 2.05) is 0 Å². The molecule has 17 heavy (non-hydrogen) atoms. The van der Waals surface area contributed by atoms with Crippen LogP contribution in [-0.4, -0.2) is 25.8 Å². The average molecular weight is 252 g/mol. The summed E-state index contributed by atoms with van der Waals surface area (Å²) in [6.45, 7) is 8.88. The highest BCUT2D eigenvalue weighted by Crippen LogP contribution is 2.20. The molecule has 0 aliphatic rings. The number of carbonyl (C=O) groups excluding carboxylic acids is 1. The molecule has 0 aromatic heterocycles. The van der Waals surface area contributed by atoms with Crippen molar-refractivity contribution in [1.29, 1.82) is 0 Å². The standard InChI is InChI=1S/C13H20O3Si/c1-10-11(6-5-7-12(10)14)13(15)16-8-9-17(2,3)4/h5-7,14H,8-9H2,1-4H3. The summed E-state index contributed by atoms with van der Waals surface area (Å²) in [6, 6.07) is 5.84. The number of ether oxygens (including phenoxy) is 1. The van der Waals surface area contributed by atoms with E-state index >= 15 is 0 Å². The van der Waals surface area contributed by atoms with Crippen LogP contribution in [0.5, 0.6) is 5.75 Å². The molecule has 0 saturated heterocycles. The van der Waals surface area contributed by atoms with Crippen molar-refractivity contribution in [3.05, 3.63) is 29.3 Å². The normalized spacial score (nSPS) is 11.3. The lowest BCUT2D eigenvalue weighted by Crippen LogP contribution is -2.22. The lowest BCUT2D eigenvalue weighted by Gasteiger charge is -2.15. The Labute approximate surface area is 103 Å². The molecule has 0 aliphatic carbocycles. The van der Waals surface area contributed by atoms with E-state index in [2.05, 4.69) is 19.6 Å². The molecule has 3 nitrogen and oxygen atoms in total. The maximum atomic E-state index is 11.8. The van der Waals surface area contributed by atoms with E-state index in [1.165, 1.54) is 0 Å². The summed E-state index contributed by atoms with van der Waals surface area (Å²) in [7, 11) is -1.18. The molecule has 1 aromatic rings. The second-order valence-corrected chi connectivity index (χ2v) is 11.0. The Bertz CT molecular complexity index is 408. The van der Waals surface area contributed by atoms with Crippen LogP contribution in [0.25, 0.3) is 0 Å². The summed E-state index contributed by atoms with van der Waals surface area (Å²) in [5.74, 6) is -0.221. The number of phenols is 1. The molecule has 1 aromatic carbocycles. The third-order valence-corrected chi connectivity index (χ3v) is 4.31. The zero-order valence-corrected chi connectivity index (χ0v) is 11.9. The molecule has 0 fully saturated rings. The van der Waals surface area contributed by atoms with Gasteiger partial charge in [0.15, 0.2) is 0 Å². The van der Waals surface area contributed by atoms with Crippen LogP contribution in [0, 0.1) is 6.92 Å². The van der Waals surface area contributed by atoms with E-state index in [-0.39, 0.29) is 11.7 Å². The highest BCUT2D eigenvalue weighted by atomic mass is 28.3. The summed E-state index contributed by atoms with van der Waals surface area (Å²) in [5.41, 5.74) is 1.02. The molecule has 0 amide bonds. The van der Waals surface area contributed by atoms with E-state index in [0.717, 1.165) is 6.04 Å². The first kappa shape index (κ1) is 13.8. The van der Waals surface area contributed by atoms with Crippen LogP contribution in [0.1, 0.15) is 15.9 Å². The fourth-order valence-corrected chi connectivity index (χ4v) is 2.09. The zero-order chi connectivity index (χ0) is 13.1. The Morgan fingerprint density at radius 3 is 2.59 bits per heavy atom. The van der Waals surface area contributed by atoms with Crippen LogP contribution in [0.15, 0.2) is 18.2 Å². The topological polar surface area (TPSA) is 46.5 Å². The monoisotopic (exact) mass is 252 g/mol. The maximum absolute atomic E-state index is 11.8. The van der Waals surface area contributed by atoms with E-state index in [9.17, 15) is 9.90 Å². The van der Waals surface area contributed by atoms with Gasteiger partial charge in [-0.2, -0.15) is 0 Å². The minimum atomic E-state index is -1.18. The summed E-state index contributed by atoms with van der Waals surface area (Å²) >= 11 is 0. The molecule has 4 heteroatoms. The third-order valence-electron chi connectivity index (χ3n) is 2.61. The molecule has 0 radical (unpaired) electrons. The number of esters is 1. The second kappa shape index (κ2) is 5.36. The molecular formula is C13H20O3Si. The van der Waals surface area contributed by atoms with Crippen LogP contribution in [0.2, 0.25) is 25.7 Å². The highest BCUT2D eigenvalue weighted by Gasteiger charge is 2.16. The number of carbonyl (C=O) groups is 1. The van der Waals surface area contributed by atoms with E-state index < -0.39 is 8.07 Å². The molecule has 0 atom stereocenters. The SMILES string of the molecule is Cc1c(O)cccc1C(=O)OCC[Si](C)(C)C. The van der Waals surface area contributed by atoms with Gasteiger partial charge in [0.05, 0.1) is 12.2 Å². The van der Waals surface area contributed by atoms with Crippen molar-refractivity contribution in [3.8, 4) is 5.75 Å². The van der Waals surface area contributed by atoms with Crippen molar-refractivity contribution in [2.75, 3.05) is 6.61 Å². The minimum Gasteiger partial charge on any atom is -0.508 e. The first-order valence-electron chi connectivity index (χ1n) is 5.77. The zero-order valence-electron chi connectivity index (χ0n) is 10.9. The van der Waals surface area contributed by atoms with Crippen molar-refractivity contribution in [1.82, 2.24) is 0 Å². The number of hydrogen-bond donors (Lipinski definition) is 1. The van der Waals surface area contributed by atoms with Crippen LogP contribution >= 0.6 is 0 Å². The number of aromatic hydroxyl groups is 1. The van der Waals surface area contributed by atoms with Crippen molar-refractivity contribution in [2.45, 2.75) is 32.6 Å². The Hall–Kier alpha value is -1.29. The van der Waals surface area contributed by atoms with Gasteiger partial charge in [-0.3, -0.25) is 0 Å². The number of phenolic OH excluding ortho intramolecular Hbond substituents is 1. The number of hydrogen-bond acceptors (Lipinski definition) is 3. The lowest BCUT2D eigenvalue weighted by molar-refractivity contribution is 0.0524. The summed E-state index contributed by atoms with van der Waals surface area (Å²) in [6.07, 6.45) is 0. The molecule has 0 heterocycles. The van der Waals surface area contributed by atoms with Crippen molar-refractivity contribution >= 4 is 14.0 Å².